The van der Waals surface area contributed by atoms with Crippen LogP contribution in [0.2, 0.25) is 0 Å². The first-order valence-electron chi connectivity index (χ1n) is 20.8. The van der Waals surface area contributed by atoms with Gasteiger partial charge in [-0.15, -0.1) is 0 Å². The van der Waals surface area contributed by atoms with Crippen LogP contribution in [-0.4, -0.2) is 79.8 Å². The SMILES string of the molecule is CCCCCCCCCCCCCCCCCCCCCCCCCC(=S)NC(COC1CC=CCC(O)C(O)C1O)C(O)CC(O)CC. The third-order valence-electron chi connectivity index (χ3n) is 10.3. The lowest BCUT2D eigenvalue weighted by atomic mass is 9.95. The molecule has 7 atom stereocenters. The van der Waals surface area contributed by atoms with Gasteiger partial charge in [0.2, 0.25) is 0 Å². The molecule has 8 heteroatoms. The maximum absolute atomic E-state index is 10.9. The second-order valence-electron chi connectivity index (χ2n) is 14.9. The zero-order valence-electron chi connectivity index (χ0n) is 31.8. The molecule has 0 spiro atoms. The highest BCUT2D eigenvalue weighted by Gasteiger charge is 2.33. The summed E-state index contributed by atoms with van der Waals surface area (Å²) in [6, 6.07) is -0.554. The zero-order valence-corrected chi connectivity index (χ0v) is 32.6. The van der Waals surface area contributed by atoms with Crippen LogP contribution in [0.1, 0.15) is 194 Å². The van der Waals surface area contributed by atoms with E-state index in [4.69, 9.17) is 17.0 Å². The van der Waals surface area contributed by atoms with Crippen molar-refractivity contribution in [3.63, 3.8) is 0 Å². The summed E-state index contributed by atoms with van der Waals surface area (Å²) in [4.78, 5) is 0.663. The number of aliphatic hydroxyl groups excluding tert-OH is 5. The Hall–Kier alpha value is -0.610. The number of aliphatic hydroxyl groups is 5. The van der Waals surface area contributed by atoms with Gasteiger partial charge in [-0.1, -0.05) is 179 Å². The van der Waals surface area contributed by atoms with Crippen molar-refractivity contribution < 1.29 is 30.3 Å². The van der Waals surface area contributed by atoms with Gasteiger partial charge in [0.05, 0.1) is 42.1 Å². The van der Waals surface area contributed by atoms with Crippen LogP contribution >= 0.6 is 12.2 Å². The summed E-state index contributed by atoms with van der Waals surface area (Å²) in [6.07, 6.45) is 31.2. The van der Waals surface area contributed by atoms with E-state index in [1.165, 1.54) is 135 Å². The van der Waals surface area contributed by atoms with E-state index in [0.717, 1.165) is 19.3 Å². The monoisotopic (exact) mass is 714 g/mol. The highest BCUT2D eigenvalue weighted by molar-refractivity contribution is 7.80. The highest BCUT2D eigenvalue weighted by atomic mass is 32.1. The van der Waals surface area contributed by atoms with E-state index in [1.807, 2.05) is 13.0 Å². The van der Waals surface area contributed by atoms with Crippen LogP contribution < -0.4 is 5.32 Å². The summed E-state index contributed by atoms with van der Waals surface area (Å²) in [5.41, 5.74) is 0. The Balaban J connectivity index is 2.09. The second-order valence-corrected chi connectivity index (χ2v) is 15.4. The number of hydrogen-bond donors (Lipinski definition) is 6. The molecule has 0 aromatic rings. The molecule has 0 amide bonds. The van der Waals surface area contributed by atoms with Gasteiger partial charge in [-0.05, 0) is 32.1 Å². The molecule has 0 bridgehead atoms. The fourth-order valence-electron chi connectivity index (χ4n) is 6.79. The first kappa shape index (κ1) is 46.4. The molecular weight excluding hydrogens is 635 g/mol. The van der Waals surface area contributed by atoms with Crippen molar-refractivity contribution in [1.29, 1.82) is 0 Å². The number of rotatable bonds is 32. The fraction of sp³-hybridized carbons (Fsp3) is 0.927. The van der Waals surface area contributed by atoms with Crippen molar-refractivity contribution in [2.45, 2.75) is 236 Å². The quantitative estimate of drug-likeness (QED) is 0.0232. The topological polar surface area (TPSA) is 122 Å². The van der Waals surface area contributed by atoms with Gasteiger partial charge in [0.25, 0.3) is 0 Å². The molecule has 0 aromatic carbocycles. The number of hydrogen-bond acceptors (Lipinski definition) is 7. The van der Waals surface area contributed by atoms with Gasteiger partial charge in [-0.2, -0.15) is 0 Å². The number of unbranched alkanes of at least 4 members (excludes halogenated alkanes) is 22. The average molecular weight is 714 g/mol. The van der Waals surface area contributed by atoms with E-state index in [9.17, 15) is 25.5 Å². The summed E-state index contributed by atoms with van der Waals surface area (Å²) in [7, 11) is 0. The Morgan fingerprint density at radius 3 is 1.53 bits per heavy atom. The molecule has 0 radical (unpaired) electrons. The second kappa shape index (κ2) is 32.1. The normalized spacial score (nSPS) is 21.6. The van der Waals surface area contributed by atoms with Gasteiger partial charge >= 0.3 is 0 Å². The van der Waals surface area contributed by atoms with Gasteiger partial charge in [0.15, 0.2) is 0 Å². The van der Waals surface area contributed by atoms with Crippen LogP contribution in [0, 0.1) is 0 Å². The summed E-state index contributed by atoms with van der Waals surface area (Å²) in [5, 5.41) is 55.1. The van der Waals surface area contributed by atoms with Gasteiger partial charge in [-0.3, -0.25) is 0 Å². The smallest absolute Gasteiger partial charge is 0.109 e. The average Bonchev–Trinajstić information content (AvgIpc) is 3.09. The third kappa shape index (κ3) is 25.1. The van der Waals surface area contributed by atoms with Crippen molar-refractivity contribution in [3.8, 4) is 0 Å². The molecule has 0 aliphatic heterocycles. The van der Waals surface area contributed by atoms with Crippen LogP contribution in [0.5, 0.6) is 0 Å². The van der Waals surface area contributed by atoms with Crippen LogP contribution in [0.25, 0.3) is 0 Å². The highest BCUT2D eigenvalue weighted by Crippen LogP contribution is 2.20. The lowest BCUT2D eigenvalue weighted by molar-refractivity contribution is -0.128. The lowest BCUT2D eigenvalue weighted by Gasteiger charge is -2.33. The fourth-order valence-corrected chi connectivity index (χ4v) is 7.09. The number of nitrogens with one attached hydrogen (secondary N) is 1. The van der Waals surface area contributed by atoms with E-state index < -0.39 is 42.7 Å². The predicted molar refractivity (Wildman–Crippen MR) is 209 cm³/mol. The number of ether oxygens (including phenoxy) is 1. The van der Waals surface area contributed by atoms with E-state index >= 15 is 0 Å². The standard InChI is InChI=1S/C41H79NO6S/c1-3-5-6-7-8-9-10-11-12-13-14-15-16-17-18-19-20-21-22-23-24-25-26-31-39(49)42-35(37(45)32-34(43)4-2)33-48-38-30-28-27-29-36(44)40(46)41(38)47/h27-28,34-38,40-41,43-47H,3-26,29-33H2,1-2H3,(H,42,49). The molecule has 0 saturated heterocycles. The molecule has 1 aliphatic carbocycles. The molecule has 1 aliphatic rings. The van der Waals surface area contributed by atoms with Gasteiger partial charge in [0.1, 0.15) is 12.2 Å². The van der Waals surface area contributed by atoms with Crippen molar-refractivity contribution in [1.82, 2.24) is 5.32 Å². The number of thiocarbonyl (C=S) groups is 1. The molecule has 1 rings (SSSR count). The van der Waals surface area contributed by atoms with Crippen LogP contribution in [0.15, 0.2) is 12.2 Å². The van der Waals surface area contributed by atoms with Gasteiger partial charge < -0.3 is 35.6 Å². The van der Waals surface area contributed by atoms with E-state index in [0.29, 0.717) is 17.8 Å². The minimum atomic E-state index is -1.31. The van der Waals surface area contributed by atoms with Gasteiger partial charge in [-0.25, -0.2) is 0 Å². The predicted octanol–water partition coefficient (Wildman–Crippen LogP) is 8.99. The van der Waals surface area contributed by atoms with Crippen LogP contribution in [0.4, 0.5) is 0 Å². The first-order valence-corrected chi connectivity index (χ1v) is 21.2. The molecular formula is C41H79NO6S. The summed E-state index contributed by atoms with van der Waals surface area (Å²) in [5.74, 6) is 0. The minimum absolute atomic E-state index is 0.0511. The molecule has 6 N–H and O–H groups in total. The Labute approximate surface area is 307 Å². The maximum atomic E-state index is 10.9. The Morgan fingerprint density at radius 2 is 1.08 bits per heavy atom. The maximum Gasteiger partial charge on any atom is 0.109 e. The lowest BCUT2D eigenvalue weighted by Crippen LogP contribution is -2.50. The summed E-state index contributed by atoms with van der Waals surface area (Å²) in [6.45, 7) is 4.21. The molecule has 0 saturated carbocycles. The van der Waals surface area contributed by atoms with E-state index in [-0.39, 0.29) is 19.4 Å². The molecule has 7 unspecified atom stereocenters. The van der Waals surface area contributed by atoms with Crippen LogP contribution in [-0.2, 0) is 4.74 Å². The zero-order chi connectivity index (χ0) is 36.0. The van der Waals surface area contributed by atoms with Crippen molar-refractivity contribution in [2.75, 3.05) is 6.61 Å². The van der Waals surface area contributed by atoms with Crippen molar-refractivity contribution in [2.24, 2.45) is 0 Å². The molecule has 7 nitrogen and oxygen atoms in total. The molecule has 290 valence electrons. The Kier molecular flexibility index (Phi) is 30.4. The Bertz CT molecular complexity index is 785. The third-order valence-corrected chi connectivity index (χ3v) is 10.7. The molecule has 0 heterocycles. The first-order chi connectivity index (χ1) is 23.8. The summed E-state index contributed by atoms with van der Waals surface area (Å²) >= 11 is 5.62. The Morgan fingerprint density at radius 1 is 0.653 bits per heavy atom. The molecule has 0 fully saturated rings. The molecule has 0 aromatic heterocycles. The minimum Gasteiger partial charge on any atom is -0.393 e. The van der Waals surface area contributed by atoms with E-state index in [1.54, 1.807) is 6.08 Å². The van der Waals surface area contributed by atoms with Crippen molar-refractivity contribution in [3.05, 3.63) is 12.2 Å². The van der Waals surface area contributed by atoms with E-state index in [2.05, 4.69) is 12.2 Å². The van der Waals surface area contributed by atoms with Crippen molar-refractivity contribution >= 4 is 17.2 Å². The van der Waals surface area contributed by atoms with Gasteiger partial charge in [0, 0.05) is 6.42 Å². The largest absolute Gasteiger partial charge is 0.393 e. The van der Waals surface area contributed by atoms with Crippen LogP contribution in [0.3, 0.4) is 0 Å². The summed E-state index contributed by atoms with van der Waals surface area (Å²) < 4.78 is 5.97. The molecule has 49 heavy (non-hydrogen) atoms.